The van der Waals surface area contributed by atoms with E-state index >= 15 is 0 Å². The lowest BCUT2D eigenvalue weighted by atomic mass is 9.97. The molecular weight excluding hydrogens is 240 g/mol. The van der Waals surface area contributed by atoms with Crippen molar-refractivity contribution < 1.29 is 4.42 Å². The standard InChI is InChI=1S/C14H26N4O/c1-4-15-11(3)13-17-18-14(19-13)16-12-9-7-5-6-8-10(12)2/h10-12,15H,4-9H2,1-3H3,(H,16,18). The summed E-state index contributed by atoms with van der Waals surface area (Å²) in [6.07, 6.45) is 6.45. The zero-order valence-corrected chi connectivity index (χ0v) is 12.3. The lowest BCUT2D eigenvalue weighted by Crippen LogP contribution is -2.26. The number of rotatable bonds is 5. The van der Waals surface area contributed by atoms with Gasteiger partial charge in [-0.25, -0.2) is 0 Å². The molecule has 1 saturated carbocycles. The van der Waals surface area contributed by atoms with Crippen molar-refractivity contribution in [2.45, 2.75) is 65.0 Å². The van der Waals surface area contributed by atoms with E-state index in [0.29, 0.717) is 23.9 Å². The van der Waals surface area contributed by atoms with Gasteiger partial charge in [0.25, 0.3) is 0 Å². The third-order valence-corrected chi connectivity index (χ3v) is 3.99. The molecule has 5 nitrogen and oxygen atoms in total. The first-order chi connectivity index (χ1) is 9.20. The molecule has 0 amide bonds. The van der Waals surface area contributed by atoms with Gasteiger partial charge in [0.1, 0.15) is 0 Å². The molecule has 0 radical (unpaired) electrons. The van der Waals surface area contributed by atoms with Gasteiger partial charge in [0.15, 0.2) is 0 Å². The Kier molecular flexibility index (Phi) is 5.19. The Morgan fingerprint density at radius 3 is 2.84 bits per heavy atom. The van der Waals surface area contributed by atoms with E-state index in [1.807, 2.05) is 6.92 Å². The van der Waals surface area contributed by atoms with Crippen LogP contribution >= 0.6 is 0 Å². The zero-order chi connectivity index (χ0) is 13.7. The lowest BCUT2D eigenvalue weighted by Gasteiger charge is -2.21. The van der Waals surface area contributed by atoms with Gasteiger partial charge in [0.05, 0.1) is 6.04 Å². The van der Waals surface area contributed by atoms with Crippen LogP contribution in [0.15, 0.2) is 4.42 Å². The molecule has 3 unspecified atom stereocenters. The van der Waals surface area contributed by atoms with E-state index in [1.165, 1.54) is 32.1 Å². The summed E-state index contributed by atoms with van der Waals surface area (Å²) >= 11 is 0. The average Bonchev–Trinajstić information content (AvgIpc) is 2.76. The summed E-state index contributed by atoms with van der Waals surface area (Å²) in [6, 6.07) is 1.14. The van der Waals surface area contributed by atoms with Crippen LogP contribution in [-0.4, -0.2) is 22.8 Å². The number of nitrogens with zero attached hydrogens (tertiary/aromatic N) is 2. The van der Waals surface area contributed by atoms with Gasteiger partial charge in [0.2, 0.25) is 5.89 Å². The fourth-order valence-corrected chi connectivity index (χ4v) is 2.73. The Morgan fingerprint density at radius 2 is 2.05 bits per heavy atom. The van der Waals surface area contributed by atoms with Gasteiger partial charge in [-0.2, -0.15) is 0 Å². The molecule has 19 heavy (non-hydrogen) atoms. The summed E-state index contributed by atoms with van der Waals surface area (Å²) in [5.74, 6) is 1.33. The van der Waals surface area contributed by atoms with Gasteiger partial charge in [-0.1, -0.05) is 38.2 Å². The van der Waals surface area contributed by atoms with Crippen molar-refractivity contribution in [3.8, 4) is 0 Å². The number of nitrogens with one attached hydrogen (secondary N) is 2. The van der Waals surface area contributed by atoms with E-state index in [2.05, 4.69) is 34.7 Å². The minimum atomic E-state index is 0.111. The van der Waals surface area contributed by atoms with Crippen molar-refractivity contribution in [2.75, 3.05) is 11.9 Å². The van der Waals surface area contributed by atoms with Gasteiger partial charge in [-0.05, 0) is 32.2 Å². The van der Waals surface area contributed by atoms with Gasteiger partial charge in [-0.3, -0.25) is 0 Å². The second-order valence-electron chi connectivity index (χ2n) is 5.59. The second-order valence-corrected chi connectivity index (χ2v) is 5.59. The highest BCUT2D eigenvalue weighted by molar-refractivity contribution is 5.20. The van der Waals surface area contributed by atoms with Gasteiger partial charge >= 0.3 is 6.01 Å². The van der Waals surface area contributed by atoms with E-state index in [-0.39, 0.29) is 6.04 Å². The lowest BCUT2D eigenvalue weighted by molar-refractivity contribution is 0.409. The first kappa shape index (κ1) is 14.3. The molecule has 1 heterocycles. The van der Waals surface area contributed by atoms with Crippen molar-refractivity contribution in [3.05, 3.63) is 5.89 Å². The highest BCUT2D eigenvalue weighted by Gasteiger charge is 2.22. The van der Waals surface area contributed by atoms with E-state index in [4.69, 9.17) is 4.42 Å². The Balaban J connectivity index is 1.94. The summed E-state index contributed by atoms with van der Waals surface area (Å²) in [4.78, 5) is 0. The smallest absolute Gasteiger partial charge is 0.315 e. The quantitative estimate of drug-likeness (QED) is 0.802. The maximum absolute atomic E-state index is 5.69. The third kappa shape index (κ3) is 3.93. The first-order valence-corrected chi connectivity index (χ1v) is 7.54. The zero-order valence-electron chi connectivity index (χ0n) is 12.3. The molecule has 0 aliphatic heterocycles. The van der Waals surface area contributed by atoms with Crippen molar-refractivity contribution >= 4 is 6.01 Å². The summed E-state index contributed by atoms with van der Waals surface area (Å²) in [6.45, 7) is 7.31. The molecule has 3 atom stereocenters. The van der Waals surface area contributed by atoms with Crippen molar-refractivity contribution in [1.29, 1.82) is 0 Å². The maximum atomic E-state index is 5.69. The molecule has 1 aliphatic rings. The molecule has 1 aromatic rings. The number of aromatic nitrogens is 2. The maximum Gasteiger partial charge on any atom is 0.315 e. The molecule has 0 spiro atoms. The summed E-state index contributed by atoms with van der Waals surface area (Å²) in [5, 5.41) is 14.9. The Hall–Kier alpha value is -1.10. The highest BCUT2D eigenvalue weighted by Crippen LogP contribution is 2.26. The van der Waals surface area contributed by atoms with Gasteiger partial charge in [-0.15, -0.1) is 5.10 Å². The van der Waals surface area contributed by atoms with Gasteiger partial charge < -0.3 is 15.1 Å². The molecule has 0 bridgehead atoms. The fourth-order valence-electron chi connectivity index (χ4n) is 2.73. The topological polar surface area (TPSA) is 63.0 Å². The molecule has 0 aromatic carbocycles. The molecule has 108 valence electrons. The number of hydrogen-bond donors (Lipinski definition) is 2. The predicted molar refractivity (Wildman–Crippen MR) is 76.0 cm³/mol. The minimum absolute atomic E-state index is 0.111. The van der Waals surface area contributed by atoms with Crippen molar-refractivity contribution in [1.82, 2.24) is 15.5 Å². The summed E-state index contributed by atoms with van der Waals surface area (Å²) in [5.41, 5.74) is 0. The van der Waals surface area contributed by atoms with Crippen LogP contribution in [0, 0.1) is 5.92 Å². The van der Waals surface area contributed by atoms with Crippen LogP contribution in [0.3, 0.4) is 0 Å². The molecule has 1 fully saturated rings. The summed E-state index contributed by atoms with van der Waals surface area (Å²) < 4.78 is 5.69. The molecule has 0 saturated heterocycles. The molecule has 1 aromatic heterocycles. The van der Waals surface area contributed by atoms with E-state index in [9.17, 15) is 0 Å². The second kappa shape index (κ2) is 6.89. The largest absolute Gasteiger partial charge is 0.406 e. The average molecular weight is 266 g/mol. The van der Waals surface area contributed by atoms with Crippen LogP contribution in [0.1, 0.15) is 64.8 Å². The predicted octanol–water partition coefficient (Wildman–Crippen LogP) is 3.12. The highest BCUT2D eigenvalue weighted by atomic mass is 16.4. The van der Waals surface area contributed by atoms with Crippen molar-refractivity contribution in [2.24, 2.45) is 5.92 Å². The molecular formula is C14H26N4O. The van der Waals surface area contributed by atoms with Crippen LogP contribution < -0.4 is 10.6 Å². The Bertz CT molecular complexity index is 379. The molecule has 5 heteroatoms. The van der Waals surface area contributed by atoms with Crippen LogP contribution in [0.25, 0.3) is 0 Å². The molecule has 2 N–H and O–H groups in total. The first-order valence-electron chi connectivity index (χ1n) is 7.54. The molecule has 2 rings (SSSR count). The van der Waals surface area contributed by atoms with Crippen LogP contribution in [0.2, 0.25) is 0 Å². The summed E-state index contributed by atoms with van der Waals surface area (Å²) in [7, 11) is 0. The normalized spacial score (nSPS) is 25.8. The monoisotopic (exact) mass is 266 g/mol. The Morgan fingerprint density at radius 1 is 1.26 bits per heavy atom. The fraction of sp³-hybridized carbons (Fsp3) is 0.857. The van der Waals surface area contributed by atoms with Crippen LogP contribution in [-0.2, 0) is 0 Å². The number of hydrogen-bond acceptors (Lipinski definition) is 5. The minimum Gasteiger partial charge on any atom is -0.406 e. The van der Waals surface area contributed by atoms with Gasteiger partial charge in [0, 0.05) is 6.04 Å². The van der Waals surface area contributed by atoms with E-state index < -0.39 is 0 Å². The third-order valence-electron chi connectivity index (χ3n) is 3.99. The van der Waals surface area contributed by atoms with Crippen molar-refractivity contribution in [3.63, 3.8) is 0 Å². The SMILES string of the molecule is CCNC(C)c1nnc(NC2CCCCCC2C)o1. The Labute approximate surface area is 115 Å². The van der Waals surface area contributed by atoms with E-state index in [0.717, 1.165) is 6.54 Å². The molecule has 1 aliphatic carbocycles. The number of anilines is 1. The van der Waals surface area contributed by atoms with Crippen LogP contribution in [0.4, 0.5) is 6.01 Å². The van der Waals surface area contributed by atoms with Crippen LogP contribution in [0.5, 0.6) is 0 Å². The van der Waals surface area contributed by atoms with E-state index in [1.54, 1.807) is 0 Å².